The number of carbonyl (C=O) groups excluding carboxylic acids is 2. The van der Waals surface area contributed by atoms with Gasteiger partial charge in [0, 0.05) is 45.6 Å². The highest BCUT2D eigenvalue weighted by atomic mass is 16.5. The molecule has 27 heavy (non-hydrogen) atoms. The predicted octanol–water partition coefficient (Wildman–Crippen LogP) is 1.58. The molecule has 2 aliphatic heterocycles. The van der Waals surface area contributed by atoms with Crippen LogP contribution in [0.3, 0.4) is 0 Å². The van der Waals surface area contributed by atoms with Gasteiger partial charge in [0.25, 0.3) is 5.91 Å². The number of nitrogens with zero attached hydrogens (tertiary/aromatic N) is 3. The second-order valence-corrected chi connectivity index (χ2v) is 8.24. The Balaban J connectivity index is 1.89. The first-order valence-corrected chi connectivity index (χ1v) is 9.27. The van der Waals surface area contributed by atoms with Gasteiger partial charge in [-0.05, 0) is 31.5 Å². The van der Waals surface area contributed by atoms with Gasteiger partial charge in [-0.25, -0.2) is 4.79 Å². The molecule has 0 radical (unpaired) electrons. The number of amides is 3. The van der Waals surface area contributed by atoms with Gasteiger partial charge in [0.2, 0.25) is 0 Å². The first-order valence-electron chi connectivity index (χ1n) is 9.27. The lowest BCUT2D eigenvalue weighted by atomic mass is 9.89. The molecule has 1 N–H and O–H groups in total. The Hall–Kier alpha value is -2.28. The number of likely N-dealkylation sites (tertiary alicyclic amines) is 2. The molecule has 0 bridgehead atoms. The first-order chi connectivity index (χ1) is 12.6. The van der Waals surface area contributed by atoms with Crippen LogP contribution in [-0.2, 0) is 4.79 Å². The summed E-state index contributed by atoms with van der Waals surface area (Å²) >= 11 is 0. The molecule has 0 saturated carbocycles. The highest BCUT2D eigenvalue weighted by Crippen LogP contribution is 2.45. The van der Waals surface area contributed by atoms with Crippen LogP contribution in [0, 0.1) is 11.8 Å². The van der Waals surface area contributed by atoms with E-state index in [1.54, 1.807) is 31.0 Å². The average Bonchev–Trinajstić information content (AvgIpc) is 3.17. The summed E-state index contributed by atoms with van der Waals surface area (Å²) in [5.41, 5.74) is -0.344. The number of rotatable bonds is 3. The molecule has 1 aromatic rings. The number of carbonyl (C=O) groups is 2. The standard InChI is InChI=1S/C20H29N3O4/c1-20(2,26)18(24)22-10-14-11-23(19(25)21(3)4)17(16(14)12-22)13-6-8-15(27-5)9-7-13/h6-9,14,16-17,26H,10-12H2,1-5H3/t14-,16-,17+/m1/s1. The van der Waals surface area contributed by atoms with Gasteiger partial charge in [0.15, 0.2) is 0 Å². The number of hydrogen-bond acceptors (Lipinski definition) is 4. The highest BCUT2D eigenvalue weighted by Gasteiger charge is 2.51. The van der Waals surface area contributed by atoms with E-state index in [-0.39, 0.29) is 29.8 Å². The molecule has 2 heterocycles. The van der Waals surface area contributed by atoms with E-state index in [1.165, 1.54) is 13.8 Å². The van der Waals surface area contributed by atoms with Crippen LogP contribution in [0.2, 0.25) is 0 Å². The topological polar surface area (TPSA) is 73.3 Å². The molecule has 3 amide bonds. The Morgan fingerprint density at radius 3 is 2.30 bits per heavy atom. The fourth-order valence-electron chi connectivity index (χ4n) is 4.28. The Labute approximate surface area is 160 Å². The second kappa shape index (κ2) is 7.03. The van der Waals surface area contributed by atoms with E-state index in [2.05, 4.69) is 0 Å². The minimum absolute atomic E-state index is 0.0226. The molecule has 3 rings (SSSR count). The van der Waals surface area contributed by atoms with Crippen LogP contribution in [0.25, 0.3) is 0 Å². The van der Waals surface area contributed by atoms with E-state index >= 15 is 0 Å². The van der Waals surface area contributed by atoms with E-state index in [9.17, 15) is 14.7 Å². The maximum absolute atomic E-state index is 12.8. The van der Waals surface area contributed by atoms with Crippen LogP contribution in [0.15, 0.2) is 24.3 Å². The third kappa shape index (κ3) is 3.60. The number of fused-ring (bicyclic) bond motifs is 1. The lowest BCUT2D eigenvalue weighted by Crippen LogP contribution is -2.46. The summed E-state index contributed by atoms with van der Waals surface area (Å²) in [6.45, 7) is 4.76. The first kappa shape index (κ1) is 19.5. The van der Waals surface area contributed by atoms with Crippen molar-refractivity contribution < 1.29 is 19.4 Å². The summed E-state index contributed by atoms with van der Waals surface area (Å²) in [7, 11) is 5.14. The molecule has 0 unspecified atom stereocenters. The summed E-state index contributed by atoms with van der Waals surface area (Å²) in [6.07, 6.45) is 0. The highest BCUT2D eigenvalue weighted by molar-refractivity contribution is 5.84. The lowest BCUT2D eigenvalue weighted by Gasteiger charge is -2.32. The van der Waals surface area contributed by atoms with Crippen LogP contribution in [-0.4, -0.2) is 78.2 Å². The molecule has 2 aliphatic rings. The smallest absolute Gasteiger partial charge is 0.320 e. The van der Waals surface area contributed by atoms with Crippen molar-refractivity contribution in [1.29, 1.82) is 0 Å². The van der Waals surface area contributed by atoms with Crippen LogP contribution in [0.5, 0.6) is 5.75 Å². The third-order valence-electron chi connectivity index (χ3n) is 5.56. The molecule has 2 fully saturated rings. The molecule has 0 aliphatic carbocycles. The van der Waals surface area contributed by atoms with Gasteiger partial charge in [-0.2, -0.15) is 0 Å². The lowest BCUT2D eigenvalue weighted by molar-refractivity contribution is -0.147. The molecule has 7 heteroatoms. The van der Waals surface area contributed by atoms with Crippen LogP contribution in [0.1, 0.15) is 25.5 Å². The maximum Gasteiger partial charge on any atom is 0.320 e. The molecule has 148 valence electrons. The minimum atomic E-state index is -1.38. The number of aliphatic hydroxyl groups is 1. The van der Waals surface area contributed by atoms with Gasteiger partial charge in [0.05, 0.1) is 13.2 Å². The molecule has 2 saturated heterocycles. The number of methoxy groups -OCH3 is 1. The Morgan fingerprint density at radius 1 is 1.15 bits per heavy atom. The van der Waals surface area contributed by atoms with Gasteiger partial charge in [0.1, 0.15) is 11.4 Å². The normalized spacial score (nSPS) is 24.7. The Morgan fingerprint density at radius 2 is 1.78 bits per heavy atom. The zero-order valence-corrected chi connectivity index (χ0v) is 16.7. The van der Waals surface area contributed by atoms with Crippen LogP contribution in [0.4, 0.5) is 4.79 Å². The summed E-state index contributed by atoms with van der Waals surface area (Å²) in [5, 5.41) is 10.1. The van der Waals surface area contributed by atoms with E-state index in [1.807, 2.05) is 29.2 Å². The van der Waals surface area contributed by atoms with Gasteiger partial charge in [-0.3, -0.25) is 4.79 Å². The fraction of sp³-hybridized carbons (Fsp3) is 0.600. The van der Waals surface area contributed by atoms with Crippen molar-refractivity contribution in [3.8, 4) is 5.75 Å². The summed E-state index contributed by atoms with van der Waals surface area (Å²) in [4.78, 5) is 30.5. The second-order valence-electron chi connectivity index (χ2n) is 8.24. The van der Waals surface area contributed by atoms with Gasteiger partial charge in [-0.1, -0.05) is 12.1 Å². The van der Waals surface area contributed by atoms with Gasteiger partial charge < -0.3 is 24.5 Å². The van der Waals surface area contributed by atoms with Crippen molar-refractivity contribution in [1.82, 2.24) is 14.7 Å². The predicted molar refractivity (Wildman–Crippen MR) is 101 cm³/mol. The van der Waals surface area contributed by atoms with Crippen molar-refractivity contribution in [3.63, 3.8) is 0 Å². The van der Waals surface area contributed by atoms with E-state index in [0.717, 1.165) is 11.3 Å². The Kier molecular flexibility index (Phi) is 5.08. The van der Waals surface area contributed by atoms with Crippen LogP contribution >= 0.6 is 0 Å². The summed E-state index contributed by atoms with van der Waals surface area (Å²) < 4.78 is 5.25. The van der Waals surface area contributed by atoms with E-state index in [4.69, 9.17) is 4.74 Å². The number of ether oxygens (including phenoxy) is 1. The van der Waals surface area contributed by atoms with Crippen molar-refractivity contribution in [2.45, 2.75) is 25.5 Å². The summed E-state index contributed by atoms with van der Waals surface area (Å²) in [6, 6.07) is 7.65. The molecule has 1 aromatic carbocycles. The van der Waals surface area contributed by atoms with Crippen LogP contribution < -0.4 is 4.74 Å². The number of hydrogen-bond donors (Lipinski definition) is 1. The molecule has 0 aromatic heterocycles. The number of benzene rings is 1. The fourth-order valence-corrected chi connectivity index (χ4v) is 4.28. The zero-order valence-electron chi connectivity index (χ0n) is 16.7. The zero-order chi connectivity index (χ0) is 19.9. The van der Waals surface area contributed by atoms with Crippen molar-refractivity contribution in [2.24, 2.45) is 11.8 Å². The molecule has 0 spiro atoms. The van der Waals surface area contributed by atoms with Crippen molar-refractivity contribution >= 4 is 11.9 Å². The Bertz CT molecular complexity index is 711. The van der Waals surface area contributed by atoms with Gasteiger partial charge >= 0.3 is 6.03 Å². The number of urea groups is 1. The molecule has 7 nitrogen and oxygen atoms in total. The molecular formula is C20H29N3O4. The minimum Gasteiger partial charge on any atom is -0.497 e. The molecular weight excluding hydrogens is 346 g/mol. The van der Waals surface area contributed by atoms with Crippen molar-refractivity contribution in [2.75, 3.05) is 40.8 Å². The molecule has 3 atom stereocenters. The maximum atomic E-state index is 12.8. The summed E-state index contributed by atoms with van der Waals surface area (Å²) in [5.74, 6) is 0.862. The largest absolute Gasteiger partial charge is 0.497 e. The van der Waals surface area contributed by atoms with E-state index < -0.39 is 5.60 Å². The average molecular weight is 375 g/mol. The SMILES string of the molecule is COc1ccc([C@H]2[C@@H]3CN(C(=O)C(C)(C)O)C[C@@H]3CN2C(=O)N(C)C)cc1. The van der Waals surface area contributed by atoms with Crippen molar-refractivity contribution in [3.05, 3.63) is 29.8 Å². The van der Waals surface area contributed by atoms with Gasteiger partial charge in [-0.15, -0.1) is 0 Å². The van der Waals surface area contributed by atoms with E-state index in [0.29, 0.717) is 19.6 Å². The monoisotopic (exact) mass is 375 g/mol. The third-order valence-corrected chi connectivity index (χ3v) is 5.56. The quantitative estimate of drug-likeness (QED) is 0.871.